The van der Waals surface area contributed by atoms with Crippen LogP contribution < -0.4 is 4.74 Å². The summed E-state index contributed by atoms with van der Waals surface area (Å²) < 4.78 is 12.3. The van der Waals surface area contributed by atoms with Crippen LogP contribution in [0.3, 0.4) is 0 Å². The summed E-state index contributed by atoms with van der Waals surface area (Å²) in [4.78, 5) is 8.54. The van der Waals surface area contributed by atoms with Crippen LogP contribution >= 0.6 is 11.8 Å². The zero-order valence-corrected chi connectivity index (χ0v) is 12.5. The third-order valence-electron chi connectivity index (χ3n) is 2.85. The van der Waals surface area contributed by atoms with Gasteiger partial charge in [-0.1, -0.05) is 16.9 Å². The highest BCUT2D eigenvalue weighted by Crippen LogP contribution is 2.24. The van der Waals surface area contributed by atoms with Crippen LogP contribution in [0.5, 0.6) is 5.75 Å². The summed E-state index contributed by atoms with van der Waals surface area (Å²) in [5, 5.41) is 4.65. The van der Waals surface area contributed by atoms with Crippen LogP contribution in [0.25, 0.3) is 5.69 Å². The average molecular weight is 302 g/mol. The summed E-state index contributed by atoms with van der Waals surface area (Å²) in [6.07, 6.45) is 3.69. The topological polar surface area (TPSA) is 66.0 Å². The molecule has 0 spiro atoms. The summed E-state index contributed by atoms with van der Waals surface area (Å²) in [5.41, 5.74) is 1.03. The standard InChI is InChI=1S/C14H14N4O2S/c1-10-16-13(20-17-10)9-21-14-15-7-8-18(14)11-3-5-12(19-2)6-4-11/h3-8H,9H2,1-2H3. The molecule has 6 nitrogen and oxygen atoms in total. The predicted molar refractivity (Wildman–Crippen MR) is 78.7 cm³/mol. The van der Waals surface area contributed by atoms with Gasteiger partial charge < -0.3 is 9.26 Å². The Morgan fingerprint density at radius 3 is 2.76 bits per heavy atom. The number of imidazole rings is 1. The Morgan fingerprint density at radius 1 is 1.29 bits per heavy atom. The average Bonchev–Trinajstić information content (AvgIpc) is 3.14. The van der Waals surface area contributed by atoms with Crippen molar-refractivity contribution in [3.05, 3.63) is 48.4 Å². The molecule has 0 aliphatic heterocycles. The van der Waals surface area contributed by atoms with Crippen LogP contribution in [0.2, 0.25) is 0 Å². The molecule has 0 radical (unpaired) electrons. The SMILES string of the molecule is COc1ccc(-n2ccnc2SCc2nc(C)no2)cc1. The van der Waals surface area contributed by atoms with Crippen LogP contribution in [0.4, 0.5) is 0 Å². The fourth-order valence-corrected chi connectivity index (χ4v) is 2.67. The molecule has 2 heterocycles. The van der Waals surface area contributed by atoms with E-state index in [1.54, 1.807) is 32.0 Å². The van der Waals surface area contributed by atoms with Gasteiger partial charge in [0.15, 0.2) is 11.0 Å². The molecule has 3 rings (SSSR count). The zero-order chi connectivity index (χ0) is 14.7. The Bertz CT molecular complexity index is 721. The van der Waals surface area contributed by atoms with Gasteiger partial charge >= 0.3 is 0 Å². The lowest BCUT2D eigenvalue weighted by Crippen LogP contribution is -1.95. The van der Waals surface area contributed by atoms with Crippen molar-refractivity contribution >= 4 is 11.8 Å². The largest absolute Gasteiger partial charge is 0.497 e. The van der Waals surface area contributed by atoms with E-state index in [4.69, 9.17) is 9.26 Å². The van der Waals surface area contributed by atoms with Crippen molar-refractivity contribution in [2.75, 3.05) is 7.11 Å². The van der Waals surface area contributed by atoms with Crippen molar-refractivity contribution in [2.24, 2.45) is 0 Å². The maximum atomic E-state index is 5.17. The van der Waals surface area contributed by atoms with Crippen LogP contribution in [0.15, 0.2) is 46.3 Å². The lowest BCUT2D eigenvalue weighted by molar-refractivity contribution is 0.387. The van der Waals surface area contributed by atoms with Gasteiger partial charge in [0, 0.05) is 18.1 Å². The van der Waals surface area contributed by atoms with E-state index >= 15 is 0 Å². The van der Waals surface area contributed by atoms with E-state index in [9.17, 15) is 0 Å². The van der Waals surface area contributed by atoms with Gasteiger partial charge in [-0.3, -0.25) is 4.57 Å². The molecule has 0 saturated carbocycles. The Morgan fingerprint density at radius 2 is 2.10 bits per heavy atom. The smallest absolute Gasteiger partial charge is 0.237 e. The first-order valence-corrected chi connectivity index (χ1v) is 7.34. The number of aryl methyl sites for hydroxylation is 1. The quantitative estimate of drug-likeness (QED) is 0.675. The normalized spacial score (nSPS) is 10.8. The van der Waals surface area contributed by atoms with Gasteiger partial charge in [0.1, 0.15) is 5.75 Å². The molecule has 1 aromatic carbocycles. The Labute approximate surface area is 126 Å². The molecule has 0 unspecified atom stereocenters. The monoisotopic (exact) mass is 302 g/mol. The van der Waals surface area contributed by atoms with Crippen molar-refractivity contribution in [2.45, 2.75) is 17.8 Å². The minimum absolute atomic E-state index is 0.591. The highest BCUT2D eigenvalue weighted by Gasteiger charge is 2.09. The molecule has 21 heavy (non-hydrogen) atoms. The molecule has 0 aliphatic carbocycles. The van der Waals surface area contributed by atoms with Crippen molar-refractivity contribution < 1.29 is 9.26 Å². The maximum absolute atomic E-state index is 5.17. The van der Waals surface area contributed by atoms with Gasteiger partial charge in [-0.05, 0) is 31.2 Å². The second kappa shape index (κ2) is 6.01. The number of hydrogen-bond acceptors (Lipinski definition) is 6. The number of hydrogen-bond donors (Lipinski definition) is 0. The summed E-state index contributed by atoms with van der Waals surface area (Å²) in [6, 6.07) is 7.82. The first-order chi connectivity index (χ1) is 10.3. The fraction of sp³-hybridized carbons (Fsp3) is 0.214. The molecule has 108 valence electrons. The van der Waals surface area contributed by atoms with Gasteiger partial charge in [-0.15, -0.1) is 0 Å². The minimum atomic E-state index is 0.591. The molecule has 0 saturated heterocycles. The van der Waals surface area contributed by atoms with Crippen molar-refractivity contribution in [1.82, 2.24) is 19.7 Å². The summed E-state index contributed by atoms with van der Waals surface area (Å²) >= 11 is 1.55. The van der Waals surface area contributed by atoms with E-state index in [0.29, 0.717) is 17.5 Å². The first-order valence-electron chi connectivity index (χ1n) is 6.36. The van der Waals surface area contributed by atoms with E-state index in [-0.39, 0.29) is 0 Å². The molecule has 0 N–H and O–H groups in total. The number of benzene rings is 1. The van der Waals surface area contributed by atoms with Crippen LogP contribution in [0.1, 0.15) is 11.7 Å². The van der Waals surface area contributed by atoms with E-state index < -0.39 is 0 Å². The second-order valence-electron chi connectivity index (χ2n) is 4.30. The highest BCUT2D eigenvalue weighted by molar-refractivity contribution is 7.98. The van der Waals surface area contributed by atoms with Crippen LogP contribution in [0, 0.1) is 6.92 Å². The van der Waals surface area contributed by atoms with Gasteiger partial charge in [0.2, 0.25) is 5.89 Å². The Hall–Kier alpha value is -2.28. The lowest BCUT2D eigenvalue weighted by atomic mass is 10.3. The molecule has 3 aromatic rings. The predicted octanol–water partition coefficient (Wildman–Crippen LogP) is 2.86. The van der Waals surface area contributed by atoms with Crippen molar-refractivity contribution in [3.8, 4) is 11.4 Å². The number of aromatic nitrogens is 4. The van der Waals surface area contributed by atoms with E-state index in [0.717, 1.165) is 16.6 Å². The van der Waals surface area contributed by atoms with Crippen molar-refractivity contribution in [1.29, 1.82) is 0 Å². The Balaban J connectivity index is 1.76. The molecule has 0 fully saturated rings. The highest BCUT2D eigenvalue weighted by atomic mass is 32.2. The molecule has 0 amide bonds. The molecule has 7 heteroatoms. The van der Waals surface area contributed by atoms with E-state index in [1.807, 2.05) is 35.0 Å². The summed E-state index contributed by atoms with van der Waals surface area (Å²) in [5.74, 6) is 2.66. The number of thioether (sulfide) groups is 1. The lowest BCUT2D eigenvalue weighted by Gasteiger charge is -2.07. The first kappa shape index (κ1) is 13.7. The number of methoxy groups -OCH3 is 1. The summed E-state index contributed by atoms with van der Waals surface area (Å²) in [7, 11) is 1.65. The fourth-order valence-electron chi connectivity index (χ4n) is 1.86. The minimum Gasteiger partial charge on any atom is -0.497 e. The third kappa shape index (κ3) is 3.08. The molecule has 0 bridgehead atoms. The zero-order valence-electron chi connectivity index (χ0n) is 11.7. The molecule has 0 atom stereocenters. The molecular formula is C14H14N4O2S. The van der Waals surface area contributed by atoms with Crippen LogP contribution in [-0.2, 0) is 5.75 Å². The van der Waals surface area contributed by atoms with Gasteiger partial charge in [-0.2, -0.15) is 4.98 Å². The van der Waals surface area contributed by atoms with E-state index in [2.05, 4.69) is 15.1 Å². The maximum Gasteiger partial charge on any atom is 0.237 e. The van der Waals surface area contributed by atoms with Gasteiger partial charge in [0.05, 0.1) is 12.9 Å². The van der Waals surface area contributed by atoms with E-state index in [1.165, 1.54) is 0 Å². The molecule has 2 aromatic heterocycles. The second-order valence-corrected chi connectivity index (χ2v) is 5.24. The van der Waals surface area contributed by atoms with Crippen LogP contribution in [-0.4, -0.2) is 26.8 Å². The van der Waals surface area contributed by atoms with Gasteiger partial charge in [-0.25, -0.2) is 4.98 Å². The molecular weight excluding hydrogens is 288 g/mol. The third-order valence-corrected chi connectivity index (χ3v) is 3.80. The number of rotatable bonds is 5. The van der Waals surface area contributed by atoms with Gasteiger partial charge in [0.25, 0.3) is 0 Å². The molecule has 0 aliphatic rings. The number of ether oxygens (including phenoxy) is 1. The number of nitrogens with zero attached hydrogens (tertiary/aromatic N) is 4. The van der Waals surface area contributed by atoms with Crippen molar-refractivity contribution in [3.63, 3.8) is 0 Å². The summed E-state index contributed by atoms with van der Waals surface area (Å²) in [6.45, 7) is 1.80. The Kier molecular flexibility index (Phi) is 3.92.